The molecule has 3 aromatic rings. The predicted octanol–water partition coefficient (Wildman–Crippen LogP) is 3.48. The molecule has 0 spiro atoms. The van der Waals surface area contributed by atoms with Gasteiger partial charge in [-0.2, -0.15) is 0 Å². The summed E-state index contributed by atoms with van der Waals surface area (Å²) in [5, 5.41) is 9.44. The Hall–Kier alpha value is -1.72. The van der Waals surface area contributed by atoms with E-state index in [9.17, 15) is 9.50 Å². The smallest absolute Gasteiger partial charge is 0.137 e. The van der Waals surface area contributed by atoms with Crippen LogP contribution >= 0.6 is 15.9 Å². The zero-order valence-electron chi connectivity index (χ0n) is 10.6. The van der Waals surface area contributed by atoms with Crippen LogP contribution in [0.5, 0.6) is 0 Å². The van der Waals surface area contributed by atoms with Gasteiger partial charge >= 0.3 is 0 Å². The number of hydrogen-bond donors (Lipinski definition) is 1. The number of aliphatic hydroxyl groups is 1. The van der Waals surface area contributed by atoms with Crippen LogP contribution in [0.4, 0.5) is 4.39 Å². The van der Waals surface area contributed by atoms with Crippen LogP contribution < -0.4 is 0 Å². The van der Waals surface area contributed by atoms with Gasteiger partial charge in [0.05, 0.1) is 15.5 Å². The molecule has 2 aromatic carbocycles. The molecule has 0 saturated carbocycles. The molecule has 0 amide bonds. The fourth-order valence-electron chi connectivity index (χ4n) is 2.24. The number of aliphatic hydroxyl groups excluding tert-OH is 1. The summed E-state index contributed by atoms with van der Waals surface area (Å²) in [6.45, 7) is 0.409. The summed E-state index contributed by atoms with van der Waals surface area (Å²) < 4.78 is 15.6. The lowest BCUT2D eigenvalue weighted by Gasteiger charge is -2.08. The lowest BCUT2D eigenvalue weighted by molar-refractivity contribution is 0.267. The zero-order valence-corrected chi connectivity index (χ0v) is 12.1. The van der Waals surface area contributed by atoms with Crippen molar-refractivity contribution in [3.63, 3.8) is 0 Å². The summed E-state index contributed by atoms with van der Waals surface area (Å²) in [5.74, 6) is 0.318. The summed E-state index contributed by atoms with van der Waals surface area (Å²) in [6, 6.07) is 12.6. The minimum Gasteiger partial charge on any atom is -0.388 e. The van der Waals surface area contributed by atoms with Crippen molar-refractivity contribution < 1.29 is 9.50 Å². The molecular weight excluding hydrogens is 323 g/mol. The molecule has 0 unspecified atom stereocenters. The van der Waals surface area contributed by atoms with Gasteiger partial charge in [-0.25, -0.2) is 9.37 Å². The maximum atomic E-state index is 13.3. The minimum absolute atomic E-state index is 0.128. The highest BCUT2D eigenvalue weighted by molar-refractivity contribution is 9.10. The number of para-hydroxylation sites is 2. The normalized spacial score (nSPS) is 11.2. The van der Waals surface area contributed by atoms with Crippen molar-refractivity contribution in [2.75, 3.05) is 0 Å². The second-order valence-corrected chi connectivity index (χ2v) is 5.36. The van der Waals surface area contributed by atoms with Crippen LogP contribution in [0.3, 0.4) is 0 Å². The molecule has 0 aliphatic carbocycles. The molecule has 3 nitrogen and oxygen atoms in total. The van der Waals surface area contributed by atoms with Crippen LogP contribution in [0.15, 0.2) is 46.9 Å². The molecule has 0 aliphatic heterocycles. The van der Waals surface area contributed by atoms with Gasteiger partial charge in [0.1, 0.15) is 18.2 Å². The molecule has 1 heterocycles. The maximum Gasteiger partial charge on any atom is 0.137 e. The van der Waals surface area contributed by atoms with Crippen molar-refractivity contribution >= 4 is 27.0 Å². The first kappa shape index (κ1) is 13.3. The van der Waals surface area contributed by atoms with Crippen LogP contribution in [-0.4, -0.2) is 14.7 Å². The Labute approximate surface area is 123 Å². The standard InChI is InChI=1S/C15H12BrFN2O/c16-11-7-10(5-6-12(11)17)8-19-14-4-2-1-3-13(14)18-15(19)9-20/h1-7,20H,8-9H2. The van der Waals surface area contributed by atoms with Crippen LogP contribution in [0.1, 0.15) is 11.4 Å². The highest BCUT2D eigenvalue weighted by atomic mass is 79.9. The lowest BCUT2D eigenvalue weighted by Crippen LogP contribution is -2.05. The highest BCUT2D eigenvalue weighted by Gasteiger charge is 2.10. The molecular formula is C15H12BrFN2O. The van der Waals surface area contributed by atoms with Crippen molar-refractivity contribution in [3.05, 3.63) is 64.1 Å². The van der Waals surface area contributed by atoms with Crippen LogP contribution in [0.25, 0.3) is 11.0 Å². The van der Waals surface area contributed by atoms with Gasteiger partial charge in [0, 0.05) is 6.54 Å². The van der Waals surface area contributed by atoms with Crippen molar-refractivity contribution in [3.8, 4) is 0 Å². The first-order chi connectivity index (χ1) is 9.69. The molecule has 1 N–H and O–H groups in total. The Balaban J connectivity index is 2.07. The third kappa shape index (κ3) is 2.34. The second-order valence-electron chi connectivity index (χ2n) is 4.51. The Morgan fingerprint density at radius 1 is 1.20 bits per heavy atom. The largest absolute Gasteiger partial charge is 0.388 e. The summed E-state index contributed by atoms with van der Waals surface area (Å²) in [5.41, 5.74) is 2.74. The SMILES string of the molecule is OCc1nc2ccccc2n1Cc1ccc(F)c(Br)c1. The number of aromatic nitrogens is 2. The molecule has 0 atom stereocenters. The van der Waals surface area contributed by atoms with Gasteiger partial charge in [-0.15, -0.1) is 0 Å². The van der Waals surface area contributed by atoms with Crippen molar-refractivity contribution in [1.29, 1.82) is 0 Å². The number of rotatable bonds is 3. The number of imidazole rings is 1. The number of benzene rings is 2. The van der Waals surface area contributed by atoms with E-state index in [4.69, 9.17) is 0 Å². The van der Waals surface area contributed by atoms with Gasteiger partial charge in [0.15, 0.2) is 0 Å². The van der Waals surface area contributed by atoms with E-state index in [1.807, 2.05) is 28.8 Å². The van der Waals surface area contributed by atoms with Gasteiger partial charge in [0.2, 0.25) is 0 Å². The third-order valence-corrected chi connectivity index (χ3v) is 3.81. The van der Waals surface area contributed by atoms with Gasteiger partial charge in [-0.1, -0.05) is 18.2 Å². The zero-order chi connectivity index (χ0) is 14.1. The highest BCUT2D eigenvalue weighted by Crippen LogP contribution is 2.21. The van der Waals surface area contributed by atoms with Gasteiger partial charge in [-0.05, 0) is 45.8 Å². The Morgan fingerprint density at radius 3 is 2.75 bits per heavy atom. The maximum absolute atomic E-state index is 13.3. The summed E-state index contributed by atoms with van der Waals surface area (Å²) in [4.78, 5) is 4.39. The molecule has 0 saturated heterocycles. The molecule has 0 aliphatic rings. The van der Waals surface area contributed by atoms with E-state index in [0.29, 0.717) is 16.8 Å². The molecule has 1 aromatic heterocycles. The molecule has 0 radical (unpaired) electrons. The van der Waals surface area contributed by atoms with Crippen LogP contribution in [-0.2, 0) is 13.2 Å². The summed E-state index contributed by atoms with van der Waals surface area (Å²) in [6.07, 6.45) is 0. The predicted molar refractivity (Wildman–Crippen MR) is 78.9 cm³/mol. The molecule has 3 rings (SSSR count). The van der Waals surface area contributed by atoms with Gasteiger partial charge in [0.25, 0.3) is 0 Å². The van der Waals surface area contributed by atoms with Gasteiger partial charge in [-0.3, -0.25) is 0 Å². The summed E-state index contributed by atoms with van der Waals surface area (Å²) in [7, 11) is 0. The molecule has 0 fully saturated rings. The van der Waals surface area contributed by atoms with E-state index in [1.54, 1.807) is 12.1 Å². The average Bonchev–Trinajstić information content (AvgIpc) is 2.81. The van der Waals surface area contributed by atoms with Crippen LogP contribution in [0, 0.1) is 5.82 Å². The quantitative estimate of drug-likeness (QED) is 0.796. The Kier molecular flexibility index (Phi) is 3.54. The Morgan fingerprint density at radius 2 is 2.00 bits per heavy atom. The molecule has 5 heteroatoms. The number of fused-ring (bicyclic) bond motifs is 1. The van der Waals surface area contributed by atoms with Crippen LogP contribution in [0.2, 0.25) is 0 Å². The van der Waals surface area contributed by atoms with E-state index < -0.39 is 0 Å². The number of nitrogens with zero attached hydrogens (tertiary/aromatic N) is 2. The van der Waals surface area contributed by atoms with E-state index in [2.05, 4.69) is 20.9 Å². The van der Waals surface area contributed by atoms with Crippen molar-refractivity contribution in [2.24, 2.45) is 0 Å². The van der Waals surface area contributed by atoms with E-state index in [0.717, 1.165) is 16.6 Å². The Bertz CT molecular complexity index is 770. The summed E-state index contributed by atoms with van der Waals surface area (Å²) >= 11 is 3.19. The first-order valence-electron chi connectivity index (χ1n) is 6.18. The number of halogens is 2. The van der Waals surface area contributed by atoms with Crippen molar-refractivity contribution in [2.45, 2.75) is 13.2 Å². The minimum atomic E-state index is -0.286. The topological polar surface area (TPSA) is 38.1 Å². The van der Waals surface area contributed by atoms with E-state index >= 15 is 0 Å². The third-order valence-electron chi connectivity index (χ3n) is 3.20. The first-order valence-corrected chi connectivity index (χ1v) is 6.97. The monoisotopic (exact) mass is 334 g/mol. The average molecular weight is 335 g/mol. The molecule has 0 bridgehead atoms. The van der Waals surface area contributed by atoms with Crippen molar-refractivity contribution in [1.82, 2.24) is 9.55 Å². The van der Waals surface area contributed by atoms with E-state index in [1.165, 1.54) is 6.07 Å². The molecule has 102 valence electrons. The van der Waals surface area contributed by atoms with E-state index in [-0.39, 0.29) is 12.4 Å². The number of hydrogen-bond acceptors (Lipinski definition) is 2. The fraction of sp³-hybridized carbons (Fsp3) is 0.133. The fourth-order valence-corrected chi connectivity index (χ4v) is 2.67. The molecule has 20 heavy (non-hydrogen) atoms. The second kappa shape index (κ2) is 5.34. The van der Waals surface area contributed by atoms with Gasteiger partial charge < -0.3 is 9.67 Å². The lowest BCUT2D eigenvalue weighted by atomic mass is 10.2.